The third kappa shape index (κ3) is 1.80. The van der Waals surface area contributed by atoms with Gasteiger partial charge >= 0.3 is 0 Å². The highest BCUT2D eigenvalue weighted by atomic mass is 14.8. The van der Waals surface area contributed by atoms with Crippen LogP contribution in [0.4, 0.5) is 5.69 Å². The molecule has 0 radical (unpaired) electrons. The number of nitrogens with one attached hydrogen (secondary N) is 1. The number of hydrogen-bond acceptors (Lipinski definition) is 2. The molecule has 3 aromatic rings. The van der Waals surface area contributed by atoms with E-state index in [2.05, 4.69) is 21.8 Å². The van der Waals surface area contributed by atoms with Crippen molar-refractivity contribution >= 4 is 16.7 Å². The van der Waals surface area contributed by atoms with Gasteiger partial charge in [-0.1, -0.05) is 24.0 Å². The number of anilines is 1. The average molecular weight is 233 g/mol. The van der Waals surface area contributed by atoms with Gasteiger partial charge in [0.05, 0.1) is 0 Å². The molecular weight excluding hydrogens is 222 g/mol. The fourth-order valence-electron chi connectivity index (χ4n) is 1.82. The van der Waals surface area contributed by atoms with E-state index in [-0.39, 0.29) is 0 Å². The molecule has 18 heavy (non-hydrogen) atoms. The lowest BCUT2D eigenvalue weighted by molar-refractivity contribution is 1.32. The van der Waals surface area contributed by atoms with Crippen molar-refractivity contribution < 1.29 is 0 Å². The number of hydrogen-bond donors (Lipinski definition) is 2. The quantitative estimate of drug-likeness (QED) is 0.463. The second kappa shape index (κ2) is 4.27. The monoisotopic (exact) mass is 233 g/mol. The van der Waals surface area contributed by atoms with Gasteiger partial charge in [0, 0.05) is 34.6 Å². The number of para-hydroxylation sites is 1. The first-order valence-electron chi connectivity index (χ1n) is 5.63. The van der Waals surface area contributed by atoms with E-state index in [4.69, 9.17) is 5.73 Å². The van der Waals surface area contributed by atoms with Crippen LogP contribution in [0.25, 0.3) is 11.0 Å². The van der Waals surface area contributed by atoms with Crippen LogP contribution in [0.1, 0.15) is 11.1 Å². The molecule has 0 saturated carbocycles. The fraction of sp³-hybridized carbons (Fsp3) is 0. The van der Waals surface area contributed by atoms with Crippen LogP contribution in [0.15, 0.2) is 48.8 Å². The lowest BCUT2D eigenvalue weighted by Gasteiger charge is -1.96. The van der Waals surface area contributed by atoms with Crippen LogP contribution in [0.2, 0.25) is 0 Å². The molecule has 0 spiro atoms. The predicted octanol–water partition coefficient (Wildman–Crippen LogP) is 2.54. The smallest absolute Gasteiger partial charge is 0.138 e. The lowest BCUT2D eigenvalue weighted by Crippen LogP contribution is -1.88. The number of benzene rings is 1. The van der Waals surface area contributed by atoms with Gasteiger partial charge < -0.3 is 10.7 Å². The van der Waals surface area contributed by atoms with Gasteiger partial charge in [-0.2, -0.15) is 0 Å². The maximum atomic E-state index is 5.86. The first-order chi connectivity index (χ1) is 8.84. The van der Waals surface area contributed by atoms with Crippen molar-refractivity contribution in [2.75, 3.05) is 5.73 Å². The SMILES string of the molecule is Nc1ccccc1C#Cc1ccnc2[nH]ccc12. The maximum Gasteiger partial charge on any atom is 0.138 e. The molecule has 0 aliphatic rings. The number of aromatic amines is 1. The predicted molar refractivity (Wildman–Crippen MR) is 72.9 cm³/mol. The number of nitrogens with two attached hydrogens (primary N) is 1. The Morgan fingerprint density at radius 2 is 1.83 bits per heavy atom. The third-order valence-corrected chi connectivity index (χ3v) is 2.75. The van der Waals surface area contributed by atoms with Crippen LogP contribution in [-0.2, 0) is 0 Å². The molecule has 86 valence electrons. The molecule has 0 aliphatic heterocycles. The molecule has 1 aromatic carbocycles. The van der Waals surface area contributed by atoms with Gasteiger partial charge in [0.25, 0.3) is 0 Å². The van der Waals surface area contributed by atoms with Crippen molar-refractivity contribution in [3.05, 3.63) is 59.9 Å². The van der Waals surface area contributed by atoms with Crippen molar-refractivity contribution in [2.24, 2.45) is 0 Å². The fourth-order valence-corrected chi connectivity index (χ4v) is 1.82. The Morgan fingerprint density at radius 1 is 1.00 bits per heavy atom. The molecule has 3 rings (SSSR count). The zero-order chi connectivity index (χ0) is 12.4. The molecule has 0 unspecified atom stereocenters. The molecule has 0 saturated heterocycles. The van der Waals surface area contributed by atoms with Crippen molar-refractivity contribution in [2.45, 2.75) is 0 Å². The van der Waals surface area contributed by atoms with Gasteiger partial charge in [0.1, 0.15) is 5.65 Å². The molecule has 0 amide bonds. The summed E-state index contributed by atoms with van der Waals surface area (Å²) >= 11 is 0. The molecule has 3 heteroatoms. The van der Waals surface area contributed by atoms with E-state index in [1.165, 1.54) is 0 Å². The second-order valence-electron chi connectivity index (χ2n) is 3.94. The Hall–Kier alpha value is -2.73. The van der Waals surface area contributed by atoms with Crippen LogP contribution < -0.4 is 5.73 Å². The Bertz CT molecular complexity index is 760. The van der Waals surface area contributed by atoms with Gasteiger partial charge in [-0.05, 0) is 24.3 Å². The number of H-pyrrole nitrogens is 1. The van der Waals surface area contributed by atoms with Crippen molar-refractivity contribution in [1.29, 1.82) is 0 Å². The third-order valence-electron chi connectivity index (χ3n) is 2.75. The van der Waals surface area contributed by atoms with Crippen molar-refractivity contribution in [1.82, 2.24) is 9.97 Å². The molecule has 3 nitrogen and oxygen atoms in total. The lowest BCUT2D eigenvalue weighted by atomic mass is 10.1. The molecule has 0 fully saturated rings. The Labute approximate surface area is 105 Å². The van der Waals surface area contributed by atoms with Crippen LogP contribution >= 0.6 is 0 Å². The van der Waals surface area contributed by atoms with Gasteiger partial charge in [0.2, 0.25) is 0 Å². The zero-order valence-electron chi connectivity index (χ0n) is 9.64. The summed E-state index contributed by atoms with van der Waals surface area (Å²) in [7, 11) is 0. The van der Waals surface area contributed by atoms with Gasteiger partial charge in [0.15, 0.2) is 0 Å². The highest BCUT2D eigenvalue weighted by Crippen LogP contribution is 2.14. The van der Waals surface area contributed by atoms with Gasteiger partial charge in [-0.3, -0.25) is 0 Å². The van der Waals surface area contributed by atoms with E-state index in [0.29, 0.717) is 5.69 Å². The Morgan fingerprint density at radius 3 is 2.72 bits per heavy atom. The van der Waals surface area contributed by atoms with Crippen LogP contribution in [0.3, 0.4) is 0 Å². The summed E-state index contributed by atoms with van der Waals surface area (Å²) in [5.41, 5.74) is 9.20. The summed E-state index contributed by atoms with van der Waals surface area (Å²) in [6.45, 7) is 0. The van der Waals surface area contributed by atoms with E-state index >= 15 is 0 Å². The number of fused-ring (bicyclic) bond motifs is 1. The topological polar surface area (TPSA) is 54.7 Å². The zero-order valence-corrected chi connectivity index (χ0v) is 9.64. The standard InChI is InChI=1S/C15H11N3/c16-14-4-2-1-3-12(14)6-5-11-7-9-17-15-13(11)8-10-18-15/h1-4,7-10H,16H2,(H,17,18). The average Bonchev–Trinajstić information content (AvgIpc) is 2.86. The van der Waals surface area contributed by atoms with E-state index in [9.17, 15) is 0 Å². The molecule has 2 aromatic heterocycles. The largest absolute Gasteiger partial charge is 0.398 e. The summed E-state index contributed by atoms with van der Waals surface area (Å²) < 4.78 is 0. The Balaban J connectivity index is 2.08. The second-order valence-corrected chi connectivity index (χ2v) is 3.94. The van der Waals surface area contributed by atoms with Gasteiger partial charge in [-0.25, -0.2) is 4.98 Å². The normalized spacial score (nSPS) is 10.0. The van der Waals surface area contributed by atoms with Crippen LogP contribution in [-0.4, -0.2) is 9.97 Å². The molecule has 0 aliphatic carbocycles. The minimum atomic E-state index is 0.698. The van der Waals surface area contributed by atoms with Crippen molar-refractivity contribution in [3.8, 4) is 11.8 Å². The first kappa shape index (κ1) is 10.4. The van der Waals surface area contributed by atoms with E-state index in [1.807, 2.05) is 42.6 Å². The highest BCUT2D eigenvalue weighted by Gasteiger charge is 1.99. The summed E-state index contributed by atoms with van der Waals surface area (Å²) in [6, 6.07) is 11.5. The minimum absolute atomic E-state index is 0.698. The van der Waals surface area contributed by atoms with E-state index < -0.39 is 0 Å². The minimum Gasteiger partial charge on any atom is -0.398 e. The number of aromatic nitrogens is 2. The maximum absolute atomic E-state index is 5.86. The number of pyridine rings is 1. The van der Waals surface area contributed by atoms with Crippen LogP contribution in [0.5, 0.6) is 0 Å². The molecular formula is C15H11N3. The molecule has 3 N–H and O–H groups in total. The summed E-state index contributed by atoms with van der Waals surface area (Å²) in [6.07, 6.45) is 3.61. The van der Waals surface area contributed by atoms with E-state index in [0.717, 1.165) is 22.2 Å². The van der Waals surface area contributed by atoms with Crippen LogP contribution in [0, 0.1) is 11.8 Å². The summed E-state index contributed by atoms with van der Waals surface area (Å²) in [5.74, 6) is 6.24. The van der Waals surface area contributed by atoms with Crippen molar-refractivity contribution in [3.63, 3.8) is 0 Å². The van der Waals surface area contributed by atoms with Gasteiger partial charge in [-0.15, -0.1) is 0 Å². The number of rotatable bonds is 0. The Kier molecular flexibility index (Phi) is 2.47. The number of nitrogens with zero attached hydrogens (tertiary/aromatic N) is 1. The summed E-state index contributed by atoms with van der Waals surface area (Å²) in [4.78, 5) is 7.29. The summed E-state index contributed by atoms with van der Waals surface area (Å²) in [5, 5.41) is 1.03. The van der Waals surface area contributed by atoms with E-state index in [1.54, 1.807) is 6.20 Å². The molecule has 0 bridgehead atoms. The molecule has 0 atom stereocenters. The number of nitrogen functional groups attached to an aromatic ring is 1. The molecule has 2 heterocycles. The highest BCUT2D eigenvalue weighted by molar-refractivity contribution is 5.82. The first-order valence-corrected chi connectivity index (χ1v) is 5.63.